The minimum Gasteiger partial charge on any atom is -0.386 e. The van der Waals surface area contributed by atoms with Gasteiger partial charge in [-0.3, -0.25) is 9.69 Å². The lowest BCUT2D eigenvalue weighted by Crippen LogP contribution is -2.44. The van der Waals surface area contributed by atoms with Crippen LogP contribution >= 0.6 is 11.6 Å². The number of carbonyl (C=O) groups is 1. The largest absolute Gasteiger partial charge is 0.386 e. The maximum atomic E-state index is 13.7. The van der Waals surface area contributed by atoms with Crippen LogP contribution in [-0.4, -0.2) is 41.6 Å². The third kappa shape index (κ3) is 4.95. The molecular weight excluding hydrogens is 295 g/mol. The van der Waals surface area contributed by atoms with Gasteiger partial charge >= 0.3 is 0 Å². The normalized spacial score (nSPS) is 14.3. The van der Waals surface area contributed by atoms with Gasteiger partial charge in [0.2, 0.25) is 5.91 Å². The van der Waals surface area contributed by atoms with Crippen LogP contribution in [0.1, 0.15) is 32.4 Å². The van der Waals surface area contributed by atoms with Gasteiger partial charge < -0.3 is 10.4 Å². The van der Waals surface area contributed by atoms with Crippen LogP contribution in [-0.2, 0) is 4.79 Å². The lowest BCUT2D eigenvalue weighted by Gasteiger charge is -2.25. The molecule has 2 N–H and O–H groups in total. The number of likely N-dealkylation sites (N-methyl/N-ethyl adjacent to an activating group) is 1. The first kappa shape index (κ1) is 17.9. The Morgan fingerprint density at radius 1 is 1.43 bits per heavy atom. The van der Waals surface area contributed by atoms with Gasteiger partial charge in [-0.1, -0.05) is 17.7 Å². The van der Waals surface area contributed by atoms with E-state index < -0.39 is 18.0 Å². The van der Waals surface area contributed by atoms with E-state index in [1.165, 1.54) is 18.2 Å². The fourth-order valence-corrected chi connectivity index (χ4v) is 2.11. The number of carbonyl (C=O) groups excluding carboxylic acids is 1. The molecule has 21 heavy (non-hydrogen) atoms. The predicted molar refractivity (Wildman–Crippen MR) is 81.7 cm³/mol. The second kappa shape index (κ2) is 7.73. The van der Waals surface area contributed by atoms with Crippen molar-refractivity contribution >= 4 is 17.5 Å². The van der Waals surface area contributed by atoms with E-state index in [1.54, 1.807) is 6.92 Å². The molecule has 4 nitrogen and oxygen atoms in total. The summed E-state index contributed by atoms with van der Waals surface area (Å²) in [6, 6.07) is 3.79. The molecule has 0 aliphatic carbocycles. The van der Waals surface area contributed by atoms with Gasteiger partial charge in [0.05, 0.1) is 12.6 Å². The fourth-order valence-electron chi connectivity index (χ4n) is 1.83. The molecule has 0 spiro atoms. The molecule has 0 radical (unpaired) electrons. The molecule has 0 aromatic heterocycles. The molecule has 118 valence electrons. The molecule has 0 fully saturated rings. The Balaban J connectivity index is 2.71. The summed E-state index contributed by atoms with van der Waals surface area (Å²) in [6.45, 7) is 5.77. The molecular formula is C15H22ClFN2O2. The maximum Gasteiger partial charge on any atom is 0.234 e. The van der Waals surface area contributed by atoms with Gasteiger partial charge in [-0.15, -0.1) is 0 Å². The Kier molecular flexibility index (Phi) is 6.58. The molecule has 0 aliphatic heterocycles. The van der Waals surface area contributed by atoms with Crippen molar-refractivity contribution in [1.82, 2.24) is 10.2 Å². The van der Waals surface area contributed by atoms with Crippen LogP contribution in [0.25, 0.3) is 0 Å². The number of rotatable bonds is 6. The van der Waals surface area contributed by atoms with E-state index in [4.69, 9.17) is 11.6 Å². The highest BCUT2D eigenvalue weighted by atomic mass is 35.5. The Labute approximate surface area is 129 Å². The summed E-state index contributed by atoms with van der Waals surface area (Å²) >= 11 is 5.91. The summed E-state index contributed by atoms with van der Waals surface area (Å²) in [4.78, 5) is 13.7. The third-order valence-corrected chi connectivity index (χ3v) is 3.76. The number of hydrogen-bond acceptors (Lipinski definition) is 3. The van der Waals surface area contributed by atoms with Crippen LogP contribution in [0.5, 0.6) is 0 Å². The highest BCUT2D eigenvalue weighted by Gasteiger charge is 2.24. The van der Waals surface area contributed by atoms with Crippen molar-refractivity contribution in [1.29, 1.82) is 0 Å². The highest BCUT2D eigenvalue weighted by molar-refractivity contribution is 6.31. The van der Waals surface area contributed by atoms with Crippen LogP contribution < -0.4 is 5.32 Å². The average Bonchev–Trinajstić information content (AvgIpc) is 2.37. The third-order valence-electron chi connectivity index (χ3n) is 3.43. The first-order chi connectivity index (χ1) is 9.73. The molecule has 0 heterocycles. The van der Waals surface area contributed by atoms with Crippen molar-refractivity contribution in [3.8, 4) is 0 Å². The van der Waals surface area contributed by atoms with E-state index in [1.807, 2.05) is 25.8 Å². The fraction of sp³-hybridized carbons (Fsp3) is 0.533. The van der Waals surface area contributed by atoms with Gasteiger partial charge in [0.1, 0.15) is 11.9 Å². The Morgan fingerprint density at radius 2 is 2.05 bits per heavy atom. The molecule has 1 aromatic carbocycles. The van der Waals surface area contributed by atoms with E-state index in [2.05, 4.69) is 5.32 Å². The van der Waals surface area contributed by atoms with Gasteiger partial charge in [0.25, 0.3) is 0 Å². The van der Waals surface area contributed by atoms with Gasteiger partial charge in [0, 0.05) is 16.6 Å². The maximum absolute atomic E-state index is 13.7. The summed E-state index contributed by atoms with van der Waals surface area (Å²) in [6.07, 6.45) is -1.20. The quantitative estimate of drug-likeness (QED) is 0.847. The minimum absolute atomic E-state index is 0.00387. The number of nitrogens with one attached hydrogen (secondary N) is 1. The molecule has 0 unspecified atom stereocenters. The molecule has 0 saturated heterocycles. The molecule has 1 rings (SSSR count). The van der Waals surface area contributed by atoms with Crippen molar-refractivity contribution in [2.45, 2.75) is 39.0 Å². The van der Waals surface area contributed by atoms with Crippen molar-refractivity contribution in [3.05, 3.63) is 34.6 Å². The van der Waals surface area contributed by atoms with Crippen molar-refractivity contribution in [2.24, 2.45) is 0 Å². The summed E-state index contributed by atoms with van der Waals surface area (Å²) in [5.41, 5.74) is 0.00387. The van der Waals surface area contributed by atoms with E-state index >= 15 is 0 Å². The molecule has 6 heteroatoms. The van der Waals surface area contributed by atoms with E-state index in [9.17, 15) is 14.3 Å². The summed E-state index contributed by atoms with van der Waals surface area (Å²) in [7, 11) is 1.83. The summed E-state index contributed by atoms with van der Waals surface area (Å²) in [5, 5.41) is 13.0. The lowest BCUT2D eigenvalue weighted by atomic mass is 10.0. The smallest absolute Gasteiger partial charge is 0.234 e. The predicted octanol–water partition coefficient (Wildman–Crippen LogP) is 2.36. The molecule has 2 atom stereocenters. The Morgan fingerprint density at radius 3 is 2.57 bits per heavy atom. The van der Waals surface area contributed by atoms with Crippen LogP contribution in [0.3, 0.4) is 0 Å². The molecule has 0 aliphatic rings. The second-order valence-electron chi connectivity index (χ2n) is 5.45. The Hall–Kier alpha value is -1.17. The molecule has 1 amide bonds. The van der Waals surface area contributed by atoms with Crippen molar-refractivity contribution < 1.29 is 14.3 Å². The first-order valence-corrected chi connectivity index (χ1v) is 7.23. The topological polar surface area (TPSA) is 52.6 Å². The SMILES string of the molecule is CC(C)N(C)CC(=O)N[C@H](C)[C@@H](O)c1c(F)cccc1Cl. The zero-order valence-corrected chi connectivity index (χ0v) is 13.5. The number of hydrogen-bond donors (Lipinski definition) is 2. The number of halogens is 2. The number of amides is 1. The molecule has 0 saturated carbocycles. The lowest BCUT2D eigenvalue weighted by molar-refractivity contribution is -0.123. The van der Waals surface area contributed by atoms with Crippen molar-refractivity contribution in [2.75, 3.05) is 13.6 Å². The van der Waals surface area contributed by atoms with Crippen molar-refractivity contribution in [3.63, 3.8) is 0 Å². The average molecular weight is 317 g/mol. The number of nitrogens with zero attached hydrogens (tertiary/aromatic N) is 1. The van der Waals surface area contributed by atoms with Gasteiger partial charge in [-0.05, 0) is 40.0 Å². The standard InChI is InChI=1S/C15H22ClFN2O2/c1-9(2)19(4)8-13(20)18-10(3)15(21)14-11(16)6-5-7-12(14)17/h5-7,9-10,15,21H,8H2,1-4H3,(H,18,20)/t10-,15-/m1/s1. The van der Waals surface area contributed by atoms with Crippen LogP contribution in [0.2, 0.25) is 5.02 Å². The molecule has 0 bridgehead atoms. The summed E-state index contributed by atoms with van der Waals surface area (Å²) < 4.78 is 13.7. The van der Waals surface area contributed by atoms with Gasteiger partial charge in [0.15, 0.2) is 0 Å². The number of benzene rings is 1. The molecule has 1 aromatic rings. The number of aliphatic hydroxyl groups excluding tert-OH is 1. The monoisotopic (exact) mass is 316 g/mol. The second-order valence-corrected chi connectivity index (χ2v) is 5.85. The van der Waals surface area contributed by atoms with Gasteiger partial charge in [-0.2, -0.15) is 0 Å². The van der Waals surface area contributed by atoms with E-state index in [0.717, 1.165) is 0 Å². The minimum atomic E-state index is -1.20. The first-order valence-electron chi connectivity index (χ1n) is 6.85. The summed E-state index contributed by atoms with van der Waals surface area (Å²) in [5.74, 6) is -0.819. The zero-order valence-electron chi connectivity index (χ0n) is 12.7. The van der Waals surface area contributed by atoms with E-state index in [-0.39, 0.29) is 29.1 Å². The Bertz CT molecular complexity index is 476. The zero-order chi connectivity index (χ0) is 16.2. The highest BCUT2D eigenvalue weighted by Crippen LogP contribution is 2.27. The van der Waals surface area contributed by atoms with E-state index in [0.29, 0.717) is 0 Å². The van der Waals surface area contributed by atoms with Crippen LogP contribution in [0, 0.1) is 5.82 Å². The van der Waals surface area contributed by atoms with Gasteiger partial charge in [-0.25, -0.2) is 4.39 Å². The number of aliphatic hydroxyl groups is 1. The van der Waals surface area contributed by atoms with Crippen LogP contribution in [0.15, 0.2) is 18.2 Å². The van der Waals surface area contributed by atoms with Crippen LogP contribution in [0.4, 0.5) is 4.39 Å².